The molecule has 0 radical (unpaired) electrons. The first-order chi connectivity index (χ1) is 8.49. The molecule has 0 aliphatic carbocycles. The Balaban J connectivity index is 2.43. The van der Waals surface area contributed by atoms with Gasteiger partial charge in [-0.2, -0.15) is 0 Å². The largest absolute Gasteiger partial charge is 0.508 e. The van der Waals surface area contributed by atoms with Crippen molar-refractivity contribution < 1.29 is 20.4 Å². The van der Waals surface area contributed by atoms with Gasteiger partial charge in [0.1, 0.15) is 23.0 Å². The van der Waals surface area contributed by atoms with E-state index in [0.29, 0.717) is 16.7 Å². The number of hydrogen-bond donors (Lipinski definition) is 4. The molecule has 0 atom stereocenters. The average Bonchev–Trinajstić information content (AvgIpc) is 2.32. The van der Waals surface area contributed by atoms with Gasteiger partial charge < -0.3 is 20.4 Å². The Morgan fingerprint density at radius 3 is 2.28 bits per heavy atom. The van der Waals surface area contributed by atoms with Gasteiger partial charge in [-0.15, -0.1) is 0 Å². The Morgan fingerprint density at radius 1 is 0.889 bits per heavy atom. The topological polar surface area (TPSA) is 80.9 Å². The van der Waals surface area contributed by atoms with Crippen molar-refractivity contribution >= 4 is 0 Å². The van der Waals surface area contributed by atoms with Crippen molar-refractivity contribution in [1.82, 2.24) is 0 Å². The Morgan fingerprint density at radius 2 is 1.61 bits per heavy atom. The number of benzene rings is 2. The van der Waals surface area contributed by atoms with Crippen LogP contribution in [0.25, 0.3) is 0 Å². The minimum Gasteiger partial charge on any atom is -0.508 e. The molecule has 0 saturated heterocycles. The van der Waals surface area contributed by atoms with Crippen LogP contribution in [0.2, 0.25) is 0 Å². The van der Waals surface area contributed by atoms with Crippen LogP contribution in [0.3, 0.4) is 0 Å². The predicted octanol–water partition coefficient (Wildman–Crippen LogP) is 2.41. The highest BCUT2D eigenvalue weighted by Gasteiger charge is 2.13. The van der Waals surface area contributed by atoms with Crippen LogP contribution in [0.4, 0.5) is 0 Å². The monoisotopic (exact) mass is 246 g/mol. The number of phenolic OH excluding ortho intramolecular Hbond substituents is 4. The van der Waals surface area contributed by atoms with Crippen molar-refractivity contribution in [1.29, 1.82) is 0 Å². The molecule has 2 aromatic rings. The van der Waals surface area contributed by atoms with Gasteiger partial charge in [-0.3, -0.25) is 0 Å². The predicted molar refractivity (Wildman–Crippen MR) is 67.1 cm³/mol. The van der Waals surface area contributed by atoms with E-state index in [-0.39, 0.29) is 29.4 Å². The summed E-state index contributed by atoms with van der Waals surface area (Å²) in [5, 5.41) is 38.5. The van der Waals surface area contributed by atoms with Gasteiger partial charge in [0.2, 0.25) is 0 Å². The second-order valence-electron chi connectivity index (χ2n) is 4.22. The molecule has 0 aliphatic heterocycles. The zero-order valence-corrected chi connectivity index (χ0v) is 9.88. The first-order valence-electron chi connectivity index (χ1n) is 5.50. The summed E-state index contributed by atoms with van der Waals surface area (Å²) in [4.78, 5) is 0. The van der Waals surface area contributed by atoms with E-state index in [2.05, 4.69) is 0 Å². The van der Waals surface area contributed by atoms with Crippen molar-refractivity contribution in [2.45, 2.75) is 13.3 Å². The lowest BCUT2D eigenvalue weighted by atomic mass is 10.00. The zero-order valence-electron chi connectivity index (χ0n) is 9.88. The van der Waals surface area contributed by atoms with E-state index < -0.39 is 0 Å². The highest BCUT2D eigenvalue weighted by molar-refractivity contribution is 5.52. The standard InChI is InChI=1S/C14H14O4/c1-8-2-5-12(16)11(14(8)18)6-9-3-4-10(15)7-13(9)17/h2-5,7,15-18H,6H2,1H3. The van der Waals surface area contributed by atoms with Crippen molar-refractivity contribution in [3.05, 3.63) is 47.0 Å². The quantitative estimate of drug-likeness (QED) is 0.656. The van der Waals surface area contributed by atoms with Crippen LogP contribution >= 0.6 is 0 Å². The van der Waals surface area contributed by atoms with Gasteiger partial charge in [0.25, 0.3) is 0 Å². The molecular formula is C14H14O4. The minimum absolute atomic E-state index is 0.0162. The second kappa shape index (κ2) is 4.49. The molecule has 4 N–H and O–H groups in total. The first-order valence-corrected chi connectivity index (χ1v) is 5.50. The molecule has 2 aromatic carbocycles. The van der Waals surface area contributed by atoms with Gasteiger partial charge in [-0.1, -0.05) is 12.1 Å². The van der Waals surface area contributed by atoms with E-state index in [1.54, 1.807) is 19.1 Å². The lowest BCUT2D eigenvalue weighted by molar-refractivity contribution is 0.434. The van der Waals surface area contributed by atoms with E-state index in [0.717, 1.165) is 0 Å². The maximum absolute atomic E-state index is 9.89. The lowest BCUT2D eigenvalue weighted by Crippen LogP contribution is -1.92. The molecule has 0 saturated carbocycles. The average molecular weight is 246 g/mol. The normalized spacial score (nSPS) is 10.5. The molecule has 0 spiro atoms. The zero-order chi connectivity index (χ0) is 13.3. The fourth-order valence-electron chi connectivity index (χ4n) is 1.81. The summed E-state index contributed by atoms with van der Waals surface area (Å²) in [6.07, 6.45) is 0.186. The van der Waals surface area contributed by atoms with Crippen molar-refractivity contribution in [2.24, 2.45) is 0 Å². The van der Waals surface area contributed by atoms with Crippen molar-refractivity contribution in [2.75, 3.05) is 0 Å². The third kappa shape index (κ3) is 2.18. The summed E-state index contributed by atoms with van der Waals surface area (Å²) in [5.41, 5.74) is 1.53. The van der Waals surface area contributed by atoms with Gasteiger partial charge in [-0.05, 0) is 30.2 Å². The summed E-state index contributed by atoms with van der Waals surface area (Å²) in [6, 6.07) is 7.33. The molecule has 18 heavy (non-hydrogen) atoms. The lowest BCUT2D eigenvalue weighted by Gasteiger charge is -2.11. The molecule has 0 amide bonds. The van der Waals surface area contributed by atoms with E-state index in [1.807, 2.05) is 0 Å². The second-order valence-corrected chi connectivity index (χ2v) is 4.22. The molecule has 0 fully saturated rings. The number of phenols is 4. The van der Waals surface area contributed by atoms with Gasteiger partial charge in [0, 0.05) is 18.1 Å². The Hall–Kier alpha value is -2.36. The summed E-state index contributed by atoms with van der Waals surface area (Å²) in [7, 11) is 0. The van der Waals surface area contributed by atoms with Gasteiger partial charge in [-0.25, -0.2) is 0 Å². The van der Waals surface area contributed by atoms with Crippen LogP contribution in [-0.4, -0.2) is 20.4 Å². The molecule has 0 aliphatic rings. The third-order valence-electron chi connectivity index (χ3n) is 2.90. The fourth-order valence-corrected chi connectivity index (χ4v) is 1.81. The Bertz CT molecular complexity index is 591. The summed E-state index contributed by atoms with van der Waals surface area (Å²) >= 11 is 0. The maximum Gasteiger partial charge on any atom is 0.125 e. The maximum atomic E-state index is 9.89. The van der Waals surface area contributed by atoms with E-state index >= 15 is 0 Å². The Kier molecular flexibility index (Phi) is 3.02. The molecule has 0 aromatic heterocycles. The van der Waals surface area contributed by atoms with Crippen LogP contribution in [0.1, 0.15) is 16.7 Å². The number of aromatic hydroxyl groups is 4. The number of aryl methyl sites for hydroxylation is 1. The van der Waals surface area contributed by atoms with Gasteiger partial charge >= 0.3 is 0 Å². The van der Waals surface area contributed by atoms with E-state index in [4.69, 9.17) is 0 Å². The molecule has 4 nitrogen and oxygen atoms in total. The summed E-state index contributed by atoms with van der Waals surface area (Å²) in [6.45, 7) is 1.73. The minimum atomic E-state index is -0.0738. The highest BCUT2D eigenvalue weighted by atomic mass is 16.3. The molecule has 4 heteroatoms. The van der Waals surface area contributed by atoms with E-state index in [9.17, 15) is 20.4 Å². The first kappa shape index (κ1) is 12.1. The smallest absolute Gasteiger partial charge is 0.125 e. The van der Waals surface area contributed by atoms with E-state index in [1.165, 1.54) is 18.2 Å². The van der Waals surface area contributed by atoms with Gasteiger partial charge in [0.15, 0.2) is 0 Å². The van der Waals surface area contributed by atoms with Gasteiger partial charge in [0.05, 0.1) is 0 Å². The Labute approximate surface area is 104 Å². The van der Waals surface area contributed by atoms with Crippen LogP contribution in [0.5, 0.6) is 23.0 Å². The van der Waals surface area contributed by atoms with Crippen molar-refractivity contribution in [3.63, 3.8) is 0 Å². The summed E-state index contributed by atoms with van der Waals surface area (Å²) < 4.78 is 0. The van der Waals surface area contributed by atoms with Crippen LogP contribution in [0, 0.1) is 6.92 Å². The molecule has 94 valence electrons. The molecular weight excluding hydrogens is 232 g/mol. The van der Waals surface area contributed by atoms with Crippen LogP contribution < -0.4 is 0 Å². The van der Waals surface area contributed by atoms with Crippen molar-refractivity contribution in [3.8, 4) is 23.0 Å². The number of hydrogen-bond acceptors (Lipinski definition) is 4. The van der Waals surface area contributed by atoms with Crippen LogP contribution in [-0.2, 0) is 6.42 Å². The molecule has 0 unspecified atom stereocenters. The summed E-state index contributed by atoms with van der Waals surface area (Å²) in [5.74, 6) is -0.114. The molecule has 0 heterocycles. The van der Waals surface area contributed by atoms with Crippen LogP contribution in [0.15, 0.2) is 30.3 Å². The third-order valence-corrected chi connectivity index (χ3v) is 2.90. The highest BCUT2D eigenvalue weighted by Crippen LogP contribution is 2.34. The molecule has 0 bridgehead atoms. The fraction of sp³-hybridized carbons (Fsp3) is 0.143. The molecule has 2 rings (SSSR count). The number of rotatable bonds is 2. The SMILES string of the molecule is Cc1ccc(O)c(Cc2ccc(O)cc2O)c1O.